The first-order valence-corrected chi connectivity index (χ1v) is 12.9. The highest BCUT2D eigenvalue weighted by molar-refractivity contribution is 5.77. The molecule has 190 valence electrons. The van der Waals surface area contributed by atoms with Crippen LogP contribution in [0.2, 0.25) is 0 Å². The Morgan fingerprint density at radius 1 is 1.11 bits per heavy atom. The van der Waals surface area contributed by atoms with Crippen LogP contribution < -0.4 is 10.9 Å². The highest BCUT2D eigenvalue weighted by Gasteiger charge is 2.35. The molecular weight excluding hydrogens is 442 g/mol. The van der Waals surface area contributed by atoms with Crippen LogP contribution in [0.4, 0.5) is 5.82 Å². The number of carbonyl (C=O) groups excluding carboxylic acids is 1. The Kier molecular flexibility index (Phi) is 8.23. The fourth-order valence-electron chi connectivity index (χ4n) is 5.14. The van der Waals surface area contributed by atoms with Gasteiger partial charge in [-0.3, -0.25) is 19.1 Å². The van der Waals surface area contributed by atoms with Crippen molar-refractivity contribution in [2.24, 2.45) is 0 Å². The van der Waals surface area contributed by atoms with E-state index in [1.54, 1.807) is 0 Å². The molecule has 0 spiro atoms. The SMILES string of the molecule is C[C@H](CC(=O)N1CCC(O)(Cn2cnc(NC[C@@H](C)N3CCCC3)cc2=O)CC1)c1ccccc1. The van der Waals surface area contributed by atoms with Crippen LogP contribution in [0.15, 0.2) is 47.5 Å². The number of rotatable bonds is 9. The molecule has 2 N–H and O–H groups in total. The van der Waals surface area contributed by atoms with Gasteiger partial charge in [0.1, 0.15) is 5.82 Å². The Balaban J connectivity index is 1.26. The smallest absolute Gasteiger partial charge is 0.255 e. The zero-order valence-corrected chi connectivity index (χ0v) is 21.0. The molecule has 2 saturated heterocycles. The lowest BCUT2D eigenvalue weighted by Gasteiger charge is -2.38. The molecule has 1 amide bonds. The van der Waals surface area contributed by atoms with Crippen molar-refractivity contribution in [1.82, 2.24) is 19.4 Å². The number of carbonyl (C=O) groups is 1. The van der Waals surface area contributed by atoms with E-state index in [0.29, 0.717) is 44.2 Å². The van der Waals surface area contributed by atoms with Gasteiger partial charge in [-0.25, -0.2) is 4.98 Å². The first-order valence-electron chi connectivity index (χ1n) is 12.9. The average Bonchev–Trinajstić information content (AvgIpc) is 3.40. The van der Waals surface area contributed by atoms with Crippen LogP contribution >= 0.6 is 0 Å². The summed E-state index contributed by atoms with van der Waals surface area (Å²) in [6.07, 6.45) is 5.36. The second-order valence-electron chi connectivity index (χ2n) is 10.3. The standard InChI is InChI=1S/C27H39N5O3/c1-21(23-8-4-3-5-9-23)16-25(33)31-14-10-27(35,11-15-31)19-32-20-29-24(17-26(32)34)28-18-22(2)30-12-6-7-13-30/h3-5,8-9,17,20-22,28,35H,6-7,10-16,18-19H2,1-2H3/t21-,22-/m1/s1. The number of hydrogen-bond acceptors (Lipinski definition) is 6. The fraction of sp³-hybridized carbons (Fsp3) is 0.593. The van der Waals surface area contributed by atoms with E-state index in [1.165, 1.54) is 29.8 Å². The van der Waals surface area contributed by atoms with E-state index in [0.717, 1.165) is 25.2 Å². The molecule has 1 aromatic heterocycles. The van der Waals surface area contributed by atoms with E-state index in [2.05, 4.69) is 29.0 Å². The number of benzene rings is 1. The molecular formula is C27H39N5O3. The first-order chi connectivity index (χ1) is 16.8. The van der Waals surface area contributed by atoms with Gasteiger partial charge in [-0.2, -0.15) is 0 Å². The van der Waals surface area contributed by atoms with Gasteiger partial charge in [0.15, 0.2) is 0 Å². The van der Waals surface area contributed by atoms with Gasteiger partial charge in [-0.05, 0) is 57.2 Å². The summed E-state index contributed by atoms with van der Waals surface area (Å²) in [6.45, 7) is 8.43. The van der Waals surface area contributed by atoms with Crippen molar-refractivity contribution in [3.63, 3.8) is 0 Å². The minimum absolute atomic E-state index is 0.112. The number of anilines is 1. The number of nitrogens with zero attached hydrogens (tertiary/aromatic N) is 4. The Hall–Kier alpha value is -2.71. The van der Waals surface area contributed by atoms with Crippen molar-refractivity contribution in [3.05, 3.63) is 58.6 Å². The second-order valence-corrected chi connectivity index (χ2v) is 10.3. The van der Waals surface area contributed by atoms with Crippen LogP contribution in [-0.4, -0.2) is 74.7 Å². The monoisotopic (exact) mass is 481 g/mol. The number of amides is 1. The topological polar surface area (TPSA) is 90.7 Å². The zero-order chi connectivity index (χ0) is 24.8. The number of piperidine rings is 1. The van der Waals surface area contributed by atoms with E-state index >= 15 is 0 Å². The molecule has 1 aromatic carbocycles. The molecule has 0 aliphatic carbocycles. The van der Waals surface area contributed by atoms with Crippen LogP contribution in [0, 0.1) is 0 Å². The highest BCUT2D eigenvalue weighted by Crippen LogP contribution is 2.26. The van der Waals surface area contributed by atoms with Crippen LogP contribution in [0.25, 0.3) is 0 Å². The Morgan fingerprint density at radius 2 is 1.80 bits per heavy atom. The predicted molar refractivity (Wildman–Crippen MR) is 137 cm³/mol. The van der Waals surface area contributed by atoms with Gasteiger partial charge in [0.25, 0.3) is 5.56 Å². The molecule has 0 unspecified atom stereocenters. The molecule has 2 atom stereocenters. The summed E-state index contributed by atoms with van der Waals surface area (Å²) in [6, 6.07) is 12.0. The minimum atomic E-state index is -1.02. The molecule has 2 aliphatic heterocycles. The summed E-state index contributed by atoms with van der Waals surface area (Å²) >= 11 is 0. The van der Waals surface area contributed by atoms with Gasteiger partial charge in [-0.15, -0.1) is 0 Å². The van der Waals surface area contributed by atoms with Crippen molar-refractivity contribution < 1.29 is 9.90 Å². The quantitative estimate of drug-likeness (QED) is 0.572. The van der Waals surface area contributed by atoms with E-state index < -0.39 is 5.60 Å². The van der Waals surface area contributed by atoms with E-state index in [1.807, 2.05) is 35.2 Å². The first kappa shape index (κ1) is 25.4. The number of hydrogen-bond donors (Lipinski definition) is 2. The molecule has 0 radical (unpaired) electrons. The third kappa shape index (κ3) is 6.70. The van der Waals surface area contributed by atoms with Crippen LogP contribution in [-0.2, 0) is 11.3 Å². The van der Waals surface area contributed by atoms with Gasteiger partial charge < -0.3 is 15.3 Å². The van der Waals surface area contributed by atoms with E-state index in [4.69, 9.17) is 0 Å². The summed E-state index contributed by atoms with van der Waals surface area (Å²) in [5.41, 5.74) is -0.0448. The van der Waals surface area contributed by atoms with Crippen molar-refractivity contribution >= 4 is 11.7 Å². The highest BCUT2D eigenvalue weighted by atomic mass is 16.3. The number of aromatic nitrogens is 2. The lowest BCUT2D eigenvalue weighted by molar-refractivity contribution is -0.136. The fourth-order valence-corrected chi connectivity index (χ4v) is 5.14. The van der Waals surface area contributed by atoms with Crippen molar-refractivity contribution in [1.29, 1.82) is 0 Å². The molecule has 0 bridgehead atoms. The molecule has 35 heavy (non-hydrogen) atoms. The Bertz CT molecular complexity index is 1030. The molecule has 0 saturated carbocycles. The molecule has 2 aromatic rings. The van der Waals surface area contributed by atoms with Gasteiger partial charge in [0, 0.05) is 38.2 Å². The third-order valence-electron chi connectivity index (χ3n) is 7.58. The maximum atomic E-state index is 12.8. The minimum Gasteiger partial charge on any atom is -0.388 e. The van der Waals surface area contributed by atoms with Crippen molar-refractivity contribution in [2.75, 3.05) is 38.0 Å². The lowest BCUT2D eigenvalue weighted by Crippen LogP contribution is -2.49. The maximum absolute atomic E-state index is 12.8. The van der Waals surface area contributed by atoms with Crippen LogP contribution in [0.3, 0.4) is 0 Å². The summed E-state index contributed by atoms with van der Waals surface area (Å²) in [4.78, 5) is 34.2. The molecule has 3 heterocycles. The van der Waals surface area contributed by atoms with E-state index in [9.17, 15) is 14.7 Å². The number of aliphatic hydroxyl groups is 1. The van der Waals surface area contributed by atoms with Crippen LogP contribution in [0.1, 0.15) is 57.4 Å². The molecule has 2 fully saturated rings. The molecule has 8 heteroatoms. The number of nitrogens with one attached hydrogen (secondary N) is 1. The van der Waals surface area contributed by atoms with Crippen molar-refractivity contribution in [2.45, 2.75) is 70.1 Å². The maximum Gasteiger partial charge on any atom is 0.255 e. The normalized spacial score (nSPS) is 19.9. The summed E-state index contributed by atoms with van der Waals surface area (Å²) < 4.78 is 1.48. The van der Waals surface area contributed by atoms with Gasteiger partial charge >= 0.3 is 0 Å². The third-order valence-corrected chi connectivity index (χ3v) is 7.58. The lowest BCUT2D eigenvalue weighted by atomic mass is 9.90. The van der Waals surface area contributed by atoms with E-state index in [-0.39, 0.29) is 23.9 Å². The van der Waals surface area contributed by atoms with Gasteiger partial charge in [0.2, 0.25) is 5.91 Å². The average molecular weight is 482 g/mol. The molecule has 8 nitrogen and oxygen atoms in total. The van der Waals surface area contributed by atoms with Crippen molar-refractivity contribution in [3.8, 4) is 0 Å². The van der Waals surface area contributed by atoms with Gasteiger partial charge in [-0.1, -0.05) is 37.3 Å². The largest absolute Gasteiger partial charge is 0.388 e. The zero-order valence-electron chi connectivity index (χ0n) is 21.0. The second kappa shape index (κ2) is 11.4. The van der Waals surface area contributed by atoms with Gasteiger partial charge in [0.05, 0.1) is 18.5 Å². The Labute approximate surface area is 208 Å². The Morgan fingerprint density at radius 3 is 2.46 bits per heavy atom. The molecule has 2 aliphatic rings. The predicted octanol–water partition coefficient (Wildman–Crippen LogP) is 2.69. The molecule has 4 rings (SSSR count). The number of likely N-dealkylation sites (tertiary alicyclic amines) is 2. The van der Waals surface area contributed by atoms with Crippen LogP contribution in [0.5, 0.6) is 0 Å². The summed E-state index contributed by atoms with van der Waals surface area (Å²) in [5, 5.41) is 14.4. The summed E-state index contributed by atoms with van der Waals surface area (Å²) in [7, 11) is 0. The summed E-state index contributed by atoms with van der Waals surface area (Å²) in [5.74, 6) is 0.831.